The highest BCUT2D eigenvalue weighted by atomic mass is 32.1. The third-order valence-electron chi connectivity index (χ3n) is 2.61. The van der Waals surface area contributed by atoms with E-state index in [0.29, 0.717) is 10.6 Å². The third-order valence-corrected chi connectivity index (χ3v) is 4.95. The number of rotatable bonds is 3. The summed E-state index contributed by atoms with van der Waals surface area (Å²) in [7, 11) is 0. The van der Waals surface area contributed by atoms with Gasteiger partial charge in [0.2, 0.25) is 0 Å². The minimum atomic E-state index is 0.648. The van der Waals surface area contributed by atoms with Crippen LogP contribution in [0.2, 0.25) is 0 Å². The molecule has 17 heavy (non-hydrogen) atoms. The second kappa shape index (κ2) is 4.91. The molecular weight excluding hydrogens is 248 g/mol. The lowest BCUT2D eigenvalue weighted by Crippen LogP contribution is -1.92. The summed E-state index contributed by atoms with van der Waals surface area (Å²) in [6, 6.07) is 6.41. The SMILES string of the molecule is CCCc1c(-c2ccc(C)s2)sc(C#N)c1N. The van der Waals surface area contributed by atoms with Crippen LogP contribution in [0.3, 0.4) is 0 Å². The largest absolute Gasteiger partial charge is 0.397 e. The summed E-state index contributed by atoms with van der Waals surface area (Å²) in [6.45, 7) is 4.22. The first-order valence-electron chi connectivity index (χ1n) is 5.55. The van der Waals surface area contributed by atoms with Gasteiger partial charge in [0.1, 0.15) is 10.9 Å². The number of nitrogens with two attached hydrogens (primary N) is 1. The number of anilines is 1. The average Bonchev–Trinajstić information content (AvgIpc) is 2.85. The minimum absolute atomic E-state index is 0.648. The second-order valence-corrected chi connectivity index (χ2v) is 6.23. The van der Waals surface area contributed by atoms with Crippen LogP contribution in [0.15, 0.2) is 12.1 Å². The van der Waals surface area contributed by atoms with Gasteiger partial charge in [-0.3, -0.25) is 0 Å². The number of nitrogens with zero attached hydrogens (tertiary/aromatic N) is 1. The predicted octanol–water partition coefficient (Wildman–Crippen LogP) is 4.19. The Kier molecular flexibility index (Phi) is 3.51. The molecule has 0 saturated heterocycles. The number of aryl methyl sites for hydroxylation is 1. The molecule has 0 aromatic carbocycles. The van der Waals surface area contributed by atoms with Gasteiger partial charge in [-0.1, -0.05) is 13.3 Å². The van der Waals surface area contributed by atoms with Crippen LogP contribution < -0.4 is 5.73 Å². The first-order valence-corrected chi connectivity index (χ1v) is 7.18. The molecule has 0 amide bonds. The van der Waals surface area contributed by atoms with Crippen LogP contribution in [0.25, 0.3) is 9.75 Å². The molecule has 88 valence electrons. The maximum Gasteiger partial charge on any atom is 0.128 e. The summed E-state index contributed by atoms with van der Waals surface area (Å²) in [5.74, 6) is 0. The molecule has 0 aliphatic rings. The molecule has 0 spiro atoms. The zero-order valence-electron chi connectivity index (χ0n) is 9.91. The highest BCUT2D eigenvalue weighted by Crippen LogP contribution is 2.41. The first kappa shape index (κ1) is 12.2. The molecule has 4 heteroatoms. The molecule has 0 aliphatic heterocycles. The normalized spacial score (nSPS) is 10.4. The number of nitrogen functional groups attached to an aromatic ring is 1. The summed E-state index contributed by atoms with van der Waals surface area (Å²) in [5, 5.41) is 9.06. The Morgan fingerprint density at radius 3 is 2.65 bits per heavy atom. The van der Waals surface area contributed by atoms with E-state index in [-0.39, 0.29) is 0 Å². The zero-order chi connectivity index (χ0) is 12.4. The monoisotopic (exact) mass is 262 g/mol. The van der Waals surface area contributed by atoms with Crippen LogP contribution in [0.4, 0.5) is 5.69 Å². The molecule has 0 unspecified atom stereocenters. The fourth-order valence-corrected chi connectivity index (χ4v) is 3.89. The van der Waals surface area contributed by atoms with Crippen molar-refractivity contribution in [3.63, 3.8) is 0 Å². The average molecular weight is 262 g/mol. The van der Waals surface area contributed by atoms with Gasteiger partial charge >= 0.3 is 0 Å². The van der Waals surface area contributed by atoms with Gasteiger partial charge in [0, 0.05) is 9.75 Å². The molecule has 0 atom stereocenters. The Hall–Kier alpha value is -1.31. The van der Waals surface area contributed by atoms with Crippen molar-refractivity contribution in [2.24, 2.45) is 0 Å². The van der Waals surface area contributed by atoms with Crippen molar-refractivity contribution in [1.82, 2.24) is 0 Å². The van der Waals surface area contributed by atoms with E-state index in [1.807, 2.05) is 0 Å². The molecule has 2 N–H and O–H groups in total. The minimum Gasteiger partial charge on any atom is -0.397 e. The molecule has 0 aliphatic carbocycles. The van der Waals surface area contributed by atoms with E-state index in [4.69, 9.17) is 11.0 Å². The molecule has 2 heterocycles. The van der Waals surface area contributed by atoms with Crippen LogP contribution in [-0.2, 0) is 6.42 Å². The van der Waals surface area contributed by atoms with Crippen LogP contribution in [0, 0.1) is 18.3 Å². The Balaban J connectivity index is 2.57. The second-order valence-electron chi connectivity index (χ2n) is 3.92. The van der Waals surface area contributed by atoms with E-state index in [1.54, 1.807) is 11.3 Å². The van der Waals surface area contributed by atoms with Crippen molar-refractivity contribution in [2.75, 3.05) is 5.73 Å². The van der Waals surface area contributed by atoms with Crippen LogP contribution in [-0.4, -0.2) is 0 Å². The molecule has 2 aromatic rings. The maximum absolute atomic E-state index is 9.06. The zero-order valence-corrected chi connectivity index (χ0v) is 11.5. The molecule has 0 saturated carbocycles. The fourth-order valence-electron chi connectivity index (χ4n) is 1.81. The van der Waals surface area contributed by atoms with Gasteiger partial charge in [-0.05, 0) is 31.0 Å². The lowest BCUT2D eigenvalue weighted by atomic mass is 10.1. The quantitative estimate of drug-likeness (QED) is 0.901. The van der Waals surface area contributed by atoms with Crippen molar-refractivity contribution in [1.29, 1.82) is 5.26 Å². The Labute approximate surface area is 109 Å². The summed E-state index contributed by atoms with van der Waals surface area (Å²) >= 11 is 3.28. The topological polar surface area (TPSA) is 49.8 Å². The molecule has 0 radical (unpaired) electrons. The van der Waals surface area contributed by atoms with E-state index in [9.17, 15) is 0 Å². The number of nitriles is 1. The van der Waals surface area contributed by atoms with Crippen molar-refractivity contribution >= 4 is 28.4 Å². The number of hydrogen-bond acceptors (Lipinski definition) is 4. The summed E-state index contributed by atoms with van der Waals surface area (Å²) in [6.07, 6.45) is 1.99. The summed E-state index contributed by atoms with van der Waals surface area (Å²) in [4.78, 5) is 4.34. The van der Waals surface area contributed by atoms with E-state index in [2.05, 4.69) is 32.0 Å². The molecule has 2 rings (SSSR count). The van der Waals surface area contributed by atoms with E-state index < -0.39 is 0 Å². The maximum atomic E-state index is 9.06. The molecule has 0 bridgehead atoms. The van der Waals surface area contributed by atoms with E-state index in [1.165, 1.54) is 26.0 Å². The van der Waals surface area contributed by atoms with Crippen molar-refractivity contribution in [2.45, 2.75) is 26.7 Å². The van der Waals surface area contributed by atoms with Gasteiger partial charge in [-0.15, -0.1) is 22.7 Å². The lowest BCUT2D eigenvalue weighted by molar-refractivity contribution is 0.930. The molecule has 0 fully saturated rings. The first-order chi connectivity index (χ1) is 8.17. The van der Waals surface area contributed by atoms with Gasteiger partial charge in [-0.2, -0.15) is 5.26 Å². The number of hydrogen-bond donors (Lipinski definition) is 1. The van der Waals surface area contributed by atoms with Crippen molar-refractivity contribution in [3.05, 3.63) is 27.5 Å². The highest BCUT2D eigenvalue weighted by molar-refractivity contribution is 7.22. The summed E-state index contributed by atoms with van der Waals surface area (Å²) in [5.41, 5.74) is 7.87. The van der Waals surface area contributed by atoms with Crippen LogP contribution >= 0.6 is 22.7 Å². The van der Waals surface area contributed by atoms with Crippen LogP contribution in [0.1, 0.15) is 28.7 Å². The Morgan fingerprint density at radius 1 is 1.35 bits per heavy atom. The fraction of sp³-hybridized carbons (Fsp3) is 0.308. The Bertz CT molecular complexity index is 573. The van der Waals surface area contributed by atoms with Gasteiger partial charge in [0.05, 0.1) is 10.6 Å². The number of thiophene rings is 2. The van der Waals surface area contributed by atoms with E-state index in [0.717, 1.165) is 18.4 Å². The van der Waals surface area contributed by atoms with Crippen LogP contribution in [0.5, 0.6) is 0 Å². The Morgan fingerprint density at radius 2 is 2.12 bits per heavy atom. The smallest absolute Gasteiger partial charge is 0.128 e. The van der Waals surface area contributed by atoms with Crippen molar-refractivity contribution < 1.29 is 0 Å². The highest BCUT2D eigenvalue weighted by Gasteiger charge is 2.17. The van der Waals surface area contributed by atoms with Crippen molar-refractivity contribution in [3.8, 4) is 15.8 Å². The van der Waals surface area contributed by atoms with E-state index >= 15 is 0 Å². The summed E-state index contributed by atoms with van der Waals surface area (Å²) < 4.78 is 0. The molecule has 2 aromatic heterocycles. The van der Waals surface area contributed by atoms with Gasteiger partial charge in [0.25, 0.3) is 0 Å². The lowest BCUT2D eigenvalue weighted by Gasteiger charge is -2.01. The predicted molar refractivity (Wildman–Crippen MR) is 75.5 cm³/mol. The van der Waals surface area contributed by atoms with Gasteiger partial charge in [-0.25, -0.2) is 0 Å². The van der Waals surface area contributed by atoms with Gasteiger partial charge in [0.15, 0.2) is 0 Å². The third kappa shape index (κ3) is 2.21. The standard InChI is InChI=1S/C13H14N2S2/c1-3-4-9-12(15)11(7-14)17-13(9)10-6-5-8(2)16-10/h5-6H,3-4,15H2,1-2H3. The molecule has 2 nitrogen and oxygen atoms in total. The van der Waals surface area contributed by atoms with Gasteiger partial charge < -0.3 is 5.73 Å². The molecular formula is C13H14N2S2.